The number of carbonyl (C=O) groups excluding carboxylic acids is 1. The van der Waals surface area contributed by atoms with E-state index in [1.165, 1.54) is 0 Å². The zero-order chi connectivity index (χ0) is 22.6. The van der Waals surface area contributed by atoms with Gasteiger partial charge in [0.1, 0.15) is 5.82 Å². The van der Waals surface area contributed by atoms with Crippen LogP contribution in [0.2, 0.25) is 0 Å². The Balaban J connectivity index is 1.22. The van der Waals surface area contributed by atoms with E-state index in [0.29, 0.717) is 25.6 Å². The van der Waals surface area contributed by atoms with Crippen LogP contribution in [-0.2, 0) is 16.0 Å². The highest BCUT2D eigenvalue weighted by Gasteiger charge is 2.14. The number of aryl methyl sites for hydroxylation is 1. The first-order chi connectivity index (χ1) is 16.1. The number of fused-ring (bicyclic) bond motifs is 1. The number of nitrogens with one attached hydrogen (secondary N) is 3. The van der Waals surface area contributed by atoms with E-state index in [4.69, 9.17) is 4.74 Å². The highest BCUT2D eigenvalue weighted by atomic mass is 16.5. The molecule has 1 aliphatic heterocycles. The van der Waals surface area contributed by atoms with E-state index in [1.54, 1.807) is 0 Å². The standard InChI is InChI=1S/C25H26N6O2/c1-17-14-23(31-10-12-33-13-11-31)30-25(27-17)29-20-8-6-19(7-9-20)28-24(32)15-18-16-26-22-5-3-2-4-21(18)22/h2-9,14,16,26H,10-13,15H2,1H3,(H,28,32)(H,27,29,30). The van der Waals surface area contributed by atoms with Crippen molar-refractivity contribution >= 4 is 40.0 Å². The third-order valence-electron chi connectivity index (χ3n) is 5.63. The lowest BCUT2D eigenvalue weighted by Crippen LogP contribution is -2.36. The number of benzene rings is 2. The lowest BCUT2D eigenvalue weighted by molar-refractivity contribution is -0.115. The zero-order valence-electron chi connectivity index (χ0n) is 18.5. The van der Waals surface area contributed by atoms with Crippen LogP contribution in [0.4, 0.5) is 23.1 Å². The van der Waals surface area contributed by atoms with Crippen molar-refractivity contribution in [1.82, 2.24) is 15.0 Å². The van der Waals surface area contributed by atoms with Crippen LogP contribution in [0.3, 0.4) is 0 Å². The first kappa shape index (κ1) is 21.0. The van der Waals surface area contributed by atoms with E-state index in [0.717, 1.165) is 52.4 Å². The van der Waals surface area contributed by atoms with Crippen molar-refractivity contribution in [2.75, 3.05) is 41.8 Å². The van der Waals surface area contributed by atoms with Gasteiger partial charge >= 0.3 is 0 Å². The van der Waals surface area contributed by atoms with E-state index >= 15 is 0 Å². The van der Waals surface area contributed by atoms with Crippen LogP contribution in [0.5, 0.6) is 0 Å². The minimum absolute atomic E-state index is 0.0577. The highest BCUT2D eigenvalue weighted by molar-refractivity contribution is 5.95. The summed E-state index contributed by atoms with van der Waals surface area (Å²) < 4.78 is 5.43. The number of morpholine rings is 1. The van der Waals surface area contributed by atoms with E-state index in [9.17, 15) is 4.79 Å². The SMILES string of the molecule is Cc1cc(N2CCOCC2)nc(Nc2ccc(NC(=O)Cc3c[nH]c4ccccc34)cc2)n1. The second-order valence-corrected chi connectivity index (χ2v) is 8.08. The molecule has 0 saturated carbocycles. The second kappa shape index (κ2) is 9.30. The Morgan fingerprint density at radius 2 is 1.82 bits per heavy atom. The number of H-pyrrole nitrogens is 1. The highest BCUT2D eigenvalue weighted by Crippen LogP contribution is 2.22. The maximum Gasteiger partial charge on any atom is 0.229 e. The number of ether oxygens (including phenoxy) is 1. The molecular weight excluding hydrogens is 416 g/mol. The maximum absolute atomic E-state index is 12.6. The Hall–Kier alpha value is -3.91. The van der Waals surface area contributed by atoms with Crippen molar-refractivity contribution in [2.24, 2.45) is 0 Å². The molecule has 4 aromatic rings. The number of aromatic nitrogens is 3. The van der Waals surface area contributed by atoms with Gasteiger partial charge in [0.15, 0.2) is 0 Å². The molecule has 0 radical (unpaired) electrons. The van der Waals surface area contributed by atoms with Crippen molar-refractivity contribution in [3.8, 4) is 0 Å². The molecule has 0 bridgehead atoms. The molecule has 8 nitrogen and oxygen atoms in total. The Bertz CT molecular complexity index is 1260. The summed E-state index contributed by atoms with van der Waals surface area (Å²) in [5.41, 5.74) is 4.50. The fraction of sp³-hybridized carbons (Fsp3) is 0.240. The summed E-state index contributed by atoms with van der Waals surface area (Å²) in [7, 11) is 0. The average Bonchev–Trinajstić information content (AvgIpc) is 3.23. The Labute approximate surface area is 192 Å². The van der Waals surface area contributed by atoms with Crippen LogP contribution in [0.1, 0.15) is 11.3 Å². The molecule has 168 valence electrons. The molecular formula is C25H26N6O2. The molecule has 5 rings (SSSR count). The number of anilines is 4. The molecule has 33 heavy (non-hydrogen) atoms. The summed E-state index contributed by atoms with van der Waals surface area (Å²) in [6, 6.07) is 17.5. The van der Waals surface area contributed by atoms with E-state index < -0.39 is 0 Å². The van der Waals surface area contributed by atoms with E-state index in [-0.39, 0.29) is 5.91 Å². The fourth-order valence-corrected chi connectivity index (χ4v) is 3.98. The Morgan fingerprint density at radius 3 is 2.64 bits per heavy atom. The molecule has 2 aromatic heterocycles. The smallest absolute Gasteiger partial charge is 0.229 e. The molecule has 0 atom stereocenters. The molecule has 3 heterocycles. The van der Waals surface area contributed by atoms with Crippen molar-refractivity contribution < 1.29 is 9.53 Å². The fourth-order valence-electron chi connectivity index (χ4n) is 3.98. The largest absolute Gasteiger partial charge is 0.378 e. The van der Waals surface area contributed by atoms with Gasteiger partial charge in [-0.2, -0.15) is 4.98 Å². The lowest BCUT2D eigenvalue weighted by atomic mass is 10.1. The number of aromatic amines is 1. The van der Waals surface area contributed by atoms with Crippen molar-refractivity contribution in [1.29, 1.82) is 0 Å². The predicted molar refractivity (Wildman–Crippen MR) is 130 cm³/mol. The minimum Gasteiger partial charge on any atom is -0.378 e. The molecule has 2 aromatic carbocycles. The molecule has 0 unspecified atom stereocenters. The normalized spacial score (nSPS) is 13.8. The van der Waals surface area contributed by atoms with Crippen LogP contribution >= 0.6 is 0 Å². The van der Waals surface area contributed by atoms with Gasteiger partial charge in [0.25, 0.3) is 0 Å². The van der Waals surface area contributed by atoms with Gasteiger partial charge in [0.05, 0.1) is 19.6 Å². The third kappa shape index (κ3) is 4.96. The molecule has 0 spiro atoms. The van der Waals surface area contributed by atoms with Gasteiger partial charge in [-0.1, -0.05) is 18.2 Å². The van der Waals surface area contributed by atoms with Crippen LogP contribution in [-0.4, -0.2) is 47.2 Å². The van der Waals surface area contributed by atoms with Gasteiger partial charge in [-0.05, 0) is 42.8 Å². The monoisotopic (exact) mass is 442 g/mol. The van der Waals surface area contributed by atoms with Crippen LogP contribution < -0.4 is 15.5 Å². The number of hydrogen-bond donors (Lipinski definition) is 3. The number of carbonyl (C=O) groups is 1. The summed E-state index contributed by atoms with van der Waals surface area (Å²) in [5.74, 6) is 1.39. The number of nitrogens with zero attached hydrogens (tertiary/aromatic N) is 3. The van der Waals surface area contributed by atoms with E-state index in [1.807, 2.05) is 67.7 Å². The van der Waals surface area contributed by atoms with Gasteiger partial charge in [0.2, 0.25) is 11.9 Å². The van der Waals surface area contributed by atoms with Gasteiger partial charge < -0.3 is 25.3 Å². The quantitative estimate of drug-likeness (QED) is 0.417. The summed E-state index contributed by atoms with van der Waals surface area (Å²) in [5, 5.41) is 7.30. The van der Waals surface area contributed by atoms with Crippen molar-refractivity contribution in [3.05, 3.63) is 72.1 Å². The maximum atomic E-state index is 12.6. The van der Waals surface area contributed by atoms with Crippen molar-refractivity contribution in [2.45, 2.75) is 13.3 Å². The van der Waals surface area contributed by atoms with Crippen LogP contribution in [0, 0.1) is 6.92 Å². The van der Waals surface area contributed by atoms with Gasteiger partial charge in [0, 0.05) is 53.3 Å². The van der Waals surface area contributed by atoms with Crippen molar-refractivity contribution in [3.63, 3.8) is 0 Å². The topological polar surface area (TPSA) is 95.2 Å². The van der Waals surface area contributed by atoms with Gasteiger partial charge in [-0.15, -0.1) is 0 Å². The van der Waals surface area contributed by atoms with Gasteiger partial charge in [-0.3, -0.25) is 4.79 Å². The number of para-hydroxylation sites is 1. The van der Waals surface area contributed by atoms with E-state index in [2.05, 4.69) is 30.5 Å². The molecule has 1 aliphatic rings. The molecule has 1 fully saturated rings. The lowest BCUT2D eigenvalue weighted by Gasteiger charge is -2.28. The summed E-state index contributed by atoms with van der Waals surface area (Å²) in [4.78, 5) is 27.1. The zero-order valence-corrected chi connectivity index (χ0v) is 18.5. The summed E-state index contributed by atoms with van der Waals surface area (Å²) in [6.45, 7) is 5.02. The molecule has 1 amide bonds. The molecule has 3 N–H and O–H groups in total. The molecule has 0 aliphatic carbocycles. The Morgan fingerprint density at radius 1 is 1.06 bits per heavy atom. The Kier molecular flexibility index (Phi) is 5.91. The number of hydrogen-bond acceptors (Lipinski definition) is 6. The predicted octanol–water partition coefficient (Wildman–Crippen LogP) is 4.03. The number of amides is 1. The minimum atomic E-state index is -0.0577. The molecule has 1 saturated heterocycles. The second-order valence-electron chi connectivity index (χ2n) is 8.08. The number of rotatable bonds is 6. The summed E-state index contributed by atoms with van der Waals surface area (Å²) in [6.07, 6.45) is 2.20. The molecule has 8 heteroatoms. The first-order valence-corrected chi connectivity index (χ1v) is 11.0. The average molecular weight is 443 g/mol. The van der Waals surface area contributed by atoms with Crippen LogP contribution in [0.15, 0.2) is 60.8 Å². The third-order valence-corrected chi connectivity index (χ3v) is 5.63. The summed E-state index contributed by atoms with van der Waals surface area (Å²) >= 11 is 0. The van der Waals surface area contributed by atoms with Crippen LogP contribution in [0.25, 0.3) is 10.9 Å². The van der Waals surface area contributed by atoms with Gasteiger partial charge in [-0.25, -0.2) is 4.98 Å². The first-order valence-electron chi connectivity index (χ1n) is 11.0.